The van der Waals surface area contributed by atoms with Crippen LogP contribution in [0.15, 0.2) is 0 Å². The van der Waals surface area contributed by atoms with Gasteiger partial charge < -0.3 is 4.90 Å². The monoisotopic (exact) mass is 306 g/mol. The Balaban J connectivity index is 1.41. The summed E-state index contributed by atoms with van der Waals surface area (Å²) in [5.74, 6) is 0. The summed E-state index contributed by atoms with van der Waals surface area (Å²) in [5.41, 5.74) is 0.333. The first-order valence-electron chi connectivity index (χ1n) is 9.37. The van der Waals surface area contributed by atoms with E-state index in [4.69, 9.17) is 0 Å². The molecule has 5 fully saturated rings. The topological polar surface area (TPSA) is 13.0 Å². The second kappa shape index (κ2) is 5.44. The molecule has 0 aromatic heterocycles. The van der Waals surface area contributed by atoms with Crippen LogP contribution in [0.5, 0.6) is 0 Å². The Kier molecular flexibility index (Phi) is 3.80. The largest absolute Gasteiger partial charge is 0.301 e. The first kappa shape index (κ1) is 15.4. The summed E-state index contributed by atoms with van der Waals surface area (Å²) in [6.45, 7) is 13.5. The zero-order chi connectivity index (χ0) is 15.5. The van der Waals surface area contributed by atoms with Gasteiger partial charge >= 0.3 is 0 Å². The Morgan fingerprint density at radius 3 is 1.86 bits per heavy atom. The van der Waals surface area contributed by atoms with Crippen LogP contribution >= 0.6 is 0 Å². The highest BCUT2D eigenvalue weighted by molar-refractivity contribution is 5.00. The SMILES string of the molecule is CN1CC2CCC1CN2CN1C2CCC1CN(C(C)(C)C)C2. The highest BCUT2D eigenvalue weighted by atomic mass is 15.4. The fourth-order valence-electron chi connectivity index (χ4n) is 5.28. The van der Waals surface area contributed by atoms with Crippen LogP contribution in [-0.4, -0.2) is 89.2 Å². The van der Waals surface area contributed by atoms with Crippen molar-refractivity contribution in [3.63, 3.8) is 0 Å². The Hall–Kier alpha value is -0.160. The van der Waals surface area contributed by atoms with Gasteiger partial charge in [-0.05, 0) is 53.5 Å². The summed E-state index contributed by atoms with van der Waals surface area (Å²) < 4.78 is 0. The van der Waals surface area contributed by atoms with Crippen molar-refractivity contribution >= 4 is 0 Å². The van der Waals surface area contributed by atoms with E-state index in [1.165, 1.54) is 58.5 Å². The number of likely N-dealkylation sites (tertiary alicyclic amines) is 1. The molecule has 4 heteroatoms. The molecule has 5 rings (SSSR count). The zero-order valence-corrected chi connectivity index (χ0v) is 15.0. The second-order valence-electron chi connectivity index (χ2n) is 9.21. The van der Waals surface area contributed by atoms with E-state index in [0.717, 1.165) is 24.2 Å². The highest BCUT2D eigenvalue weighted by Gasteiger charge is 2.45. The highest BCUT2D eigenvalue weighted by Crippen LogP contribution is 2.35. The minimum Gasteiger partial charge on any atom is -0.301 e. The lowest BCUT2D eigenvalue weighted by atomic mass is 9.91. The van der Waals surface area contributed by atoms with E-state index in [1.54, 1.807) is 0 Å². The number of rotatable bonds is 2. The molecule has 4 atom stereocenters. The second-order valence-corrected chi connectivity index (χ2v) is 9.21. The number of fused-ring (bicyclic) bond motifs is 5. The maximum absolute atomic E-state index is 2.86. The van der Waals surface area contributed by atoms with Crippen molar-refractivity contribution in [2.24, 2.45) is 0 Å². The van der Waals surface area contributed by atoms with E-state index in [2.05, 4.69) is 47.4 Å². The van der Waals surface area contributed by atoms with Gasteiger partial charge in [-0.25, -0.2) is 0 Å². The van der Waals surface area contributed by atoms with Crippen LogP contribution in [0.25, 0.3) is 0 Å². The van der Waals surface area contributed by atoms with Crippen LogP contribution in [-0.2, 0) is 0 Å². The van der Waals surface area contributed by atoms with Gasteiger partial charge in [-0.3, -0.25) is 14.7 Å². The first-order chi connectivity index (χ1) is 10.4. The summed E-state index contributed by atoms with van der Waals surface area (Å²) in [5, 5.41) is 0. The van der Waals surface area contributed by atoms with E-state index in [0.29, 0.717) is 5.54 Å². The fraction of sp³-hybridized carbons (Fsp3) is 1.00. The van der Waals surface area contributed by atoms with Gasteiger partial charge in [0.1, 0.15) is 0 Å². The van der Waals surface area contributed by atoms with Gasteiger partial charge in [-0.15, -0.1) is 0 Å². The smallest absolute Gasteiger partial charge is 0.0516 e. The summed E-state index contributed by atoms with van der Waals surface area (Å²) in [7, 11) is 2.32. The van der Waals surface area contributed by atoms with E-state index in [1.807, 2.05) is 0 Å². The molecule has 0 amide bonds. The standard InChI is InChI=1S/C18H34N4/c1-18(2,3)21-11-16-7-8-17(12-21)22(16)13-20-10-14-5-6-15(20)9-19(14)4/h14-17H,5-13H2,1-4H3. The minimum atomic E-state index is 0.333. The van der Waals surface area contributed by atoms with Crippen LogP contribution in [0.2, 0.25) is 0 Å². The minimum absolute atomic E-state index is 0.333. The lowest BCUT2D eigenvalue weighted by Crippen LogP contribution is -2.66. The summed E-state index contributed by atoms with van der Waals surface area (Å²) in [4.78, 5) is 11.0. The van der Waals surface area contributed by atoms with E-state index in [-0.39, 0.29) is 0 Å². The Morgan fingerprint density at radius 2 is 1.36 bits per heavy atom. The van der Waals surface area contributed by atoms with Crippen LogP contribution in [0.4, 0.5) is 0 Å². The predicted molar refractivity (Wildman–Crippen MR) is 91.0 cm³/mol. The molecule has 5 aliphatic rings. The maximum atomic E-state index is 2.86. The third-order valence-electron chi connectivity index (χ3n) is 6.84. The Morgan fingerprint density at radius 1 is 0.773 bits per heavy atom. The maximum Gasteiger partial charge on any atom is 0.0516 e. The number of piperidine rings is 2. The van der Waals surface area contributed by atoms with Gasteiger partial charge in [0, 0.05) is 55.9 Å². The van der Waals surface area contributed by atoms with Crippen molar-refractivity contribution in [1.82, 2.24) is 19.6 Å². The van der Waals surface area contributed by atoms with Gasteiger partial charge in [-0.2, -0.15) is 0 Å². The Bertz CT molecular complexity index is 404. The fourth-order valence-corrected chi connectivity index (χ4v) is 5.28. The molecule has 22 heavy (non-hydrogen) atoms. The van der Waals surface area contributed by atoms with Gasteiger partial charge in [0.25, 0.3) is 0 Å². The van der Waals surface area contributed by atoms with Crippen LogP contribution in [0.3, 0.4) is 0 Å². The molecule has 0 radical (unpaired) electrons. The molecule has 0 aromatic carbocycles. The third kappa shape index (κ3) is 2.62. The molecule has 0 N–H and O–H groups in total. The molecule has 4 nitrogen and oxygen atoms in total. The molecule has 0 spiro atoms. The number of piperazine rings is 2. The van der Waals surface area contributed by atoms with Crippen LogP contribution < -0.4 is 0 Å². The third-order valence-corrected chi connectivity index (χ3v) is 6.84. The zero-order valence-electron chi connectivity index (χ0n) is 15.0. The number of hydrogen-bond donors (Lipinski definition) is 0. The van der Waals surface area contributed by atoms with Crippen molar-refractivity contribution in [3.8, 4) is 0 Å². The van der Waals surface area contributed by atoms with Gasteiger partial charge in [0.2, 0.25) is 0 Å². The van der Waals surface area contributed by atoms with E-state index >= 15 is 0 Å². The van der Waals surface area contributed by atoms with Crippen molar-refractivity contribution in [3.05, 3.63) is 0 Å². The average Bonchev–Trinajstić information content (AvgIpc) is 2.69. The molecule has 0 aromatic rings. The molecule has 126 valence electrons. The molecular formula is C18H34N4. The lowest BCUT2D eigenvalue weighted by Gasteiger charge is -2.53. The molecule has 5 heterocycles. The van der Waals surface area contributed by atoms with Crippen LogP contribution in [0.1, 0.15) is 46.5 Å². The Labute approximate surface area is 136 Å². The molecule has 4 unspecified atom stereocenters. The normalized spacial score (nSPS) is 41.5. The first-order valence-corrected chi connectivity index (χ1v) is 9.37. The lowest BCUT2D eigenvalue weighted by molar-refractivity contribution is -0.0673. The summed E-state index contributed by atoms with van der Waals surface area (Å²) in [6, 6.07) is 3.24. The number of likely N-dealkylation sites (N-methyl/N-ethyl adjacent to an activating group) is 1. The predicted octanol–water partition coefficient (Wildman–Crippen LogP) is 1.67. The molecule has 0 aliphatic carbocycles. The van der Waals surface area contributed by atoms with E-state index in [9.17, 15) is 0 Å². The van der Waals surface area contributed by atoms with Crippen molar-refractivity contribution in [2.45, 2.75) is 76.2 Å². The molecular weight excluding hydrogens is 272 g/mol. The quantitative estimate of drug-likeness (QED) is 0.769. The average molecular weight is 306 g/mol. The van der Waals surface area contributed by atoms with E-state index < -0.39 is 0 Å². The molecule has 4 bridgehead atoms. The van der Waals surface area contributed by atoms with Crippen molar-refractivity contribution < 1.29 is 0 Å². The van der Waals surface area contributed by atoms with Crippen LogP contribution in [0, 0.1) is 0 Å². The number of hydrogen-bond acceptors (Lipinski definition) is 4. The molecule has 0 saturated carbocycles. The van der Waals surface area contributed by atoms with Gasteiger partial charge in [-0.1, -0.05) is 0 Å². The van der Waals surface area contributed by atoms with Crippen molar-refractivity contribution in [2.75, 3.05) is 39.9 Å². The molecule has 5 aliphatic heterocycles. The molecule has 5 saturated heterocycles. The van der Waals surface area contributed by atoms with Crippen molar-refractivity contribution in [1.29, 1.82) is 0 Å². The van der Waals surface area contributed by atoms with Gasteiger partial charge in [0.15, 0.2) is 0 Å². The number of nitrogens with zero attached hydrogens (tertiary/aromatic N) is 4. The summed E-state index contributed by atoms with van der Waals surface area (Å²) >= 11 is 0. The van der Waals surface area contributed by atoms with Gasteiger partial charge in [0.05, 0.1) is 6.67 Å². The summed E-state index contributed by atoms with van der Waals surface area (Å²) in [6.07, 6.45) is 5.67.